The lowest BCUT2D eigenvalue weighted by Gasteiger charge is -2.23. The number of nitrogens with one attached hydrogen (secondary N) is 1. The Hall–Kier alpha value is -2.71. The van der Waals surface area contributed by atoms with Crippen LogP contribution >= 0.6 is 11.3 Å². The highest BCUT2D eigenvalue weighted by Gasteiger charge is 2.27. The van der Waals surface area contributed by atoms with E-state index in [1.807, 2.05) is 12.1 Å². The number of nitrogens with zero attached hydrogens (tertiary/aromatic N) is 3. The number of fused-ring (bicyclic) bond motifs is 1. The summed E-state index contributed by atoms with van der Waals surface area (Å²) in [6.45, 7) is 3.36. The number of aliphatic hydroxyl groups is 1. The van der Waals surface area contributed by atoms with Crippen molar-refractivity contribution >= 4 is 39.4 Å². The number of hydrogen-bond donors (Lipinski definition) is 2. The van der Waals surface area contributed by atoms with Gasteiger partial charge in [-0.25, -0.2) is 9.97 Å². The third-order valence-corrected chi connectivity index (χ3v) is 6.74. The molecule has 1 fully saturated rings. The van der Waals surface area contributed by atoms with Gasteiger partial charge in [0.25, 0.3) is 5.91 Å². The number of hydrogen-bond acceptors (Lipinski definition) is 7. The molecule has 4 rings (SSSR count). The summed E-state index contributed by atoms with van der Waals surface area (Å²) < 4.78 is 0.949. The molecule has 0 saturated heterocycles. The number of aldehydes is 1. The standard InChI is InChI=1S/C22H24N4O3S/c1-22(2,29)15-9-17-19(10-16(15)25-20(28)18-11-23-7-8-24-18)30-21(26-17)14-5-3-13(12-27)4-6-14/h7-14,29H,3-6H2,1-2H3,(H,25,28). The van der Waals surface area contributed by atoms with Crippen LogP contribution in [0.1, 0.15) is 66.5 Å². The minimum atomic E-state index is -1.16. The first-order valence-electron chi connectivity index (χ1n) is 10.0. The minimum Gasteiger partial charge on any atom is -0.386 e. The van der Waals surface area contributed by atoms with Crippen molar-refractivity contribution in [3.63, 3.8) is 0 Å². The molecule has 0 aliphatic heterocycles. The summed E-state index contributed by atoms with van der Waals surface area (Å²) >= 11 is 1.61. The maximum atomic E-state index is 12.6. The first-order valence-corrected chi connectivity index (χ1v) is 10.9. The second-order valence-electron chi connectivity index (χ2n) is 8.27. The van der Waals surface area contributed by atoms with E-state index >= 15 is 0 Å². The molecule has 8 heteroatoms. The Bertz CT molecular complexity index is 1070. The zero-order chi connectivity index (χ0) is 21.3. The number of benzene rings is 1. The Morgan fingerprint density at radius 1 is 1.23 bits per heavy atom. The highest BCUT2D eigenvalue weighted by Crippen LogP contribution is 2.40. The van der Waals surface area contributed by atoms with Crippen LogP contribution in [-0.2, 0) is 10.4 Å². The molecule has 0 spiro atoms. The van der Waals surface area contributed by atoms with Gasteiger partial charge >= 0.3 is 0 Å². The zero-order valence-corrected chi connectivity index (χ0v) is 17.8. The Morgan fingerprint density at radius 2 is 2.00 bits per heavy atom. The smallest absolute Gasteiger partial charge is 0.275 e. The summed E-state index contributed by atoms with van der Waals surface area (Å²) in [5.41, 5.74) is 0.975. The molecule has 2 N–H and O–H groups in total. The number of aromatic nitrogens is 3. The van der Waals surface area contributed by atoms with Crippen LogP contribution in [0.3, 0.4) is 0 Å². The third-order valence-electron chi connectivity index (χ3n) is 5.56. The highest BCUT2D eigenvalue weighted by atomic mass is 32.1. The Morgan fingerprint density at radius 3 is 2.63 bits per heavy atom. The molecule has 1 aliphatic rings. The lowest BCUT2D eigenvalue weighted by Crippen LogP contribution is -2.21. The summed E-state index contributed by atoms with van der Waals surface area (Å²) in [6.07, 6.45) is 9.15. The van der Waals surface area contributed by atoms with E-state index in [2.05, 4.69) is 15.3 Å². The van der Waals surface area contributed by atoms with Crippen molar-refractivity contribution in [2.75, 3.05) is 5.32 Å². The van der Waals surface area contributed by atoms with E-state index < -0.39 is 5.60 Å². The molecule has 156 valence electrons. The van der Waals surface area contributed by atoms with Crippen LogP contribution in [0.5, 0.6) is 0 Å². The van der Waals surface area contributed by atoms with Gasteiger partial charge in [0.2, 0.25) is 0 Å². The van der Waals surface area contributed by atoms with E-state index in [1.165, 1.54) is 18.6 Å². The summed E-state index contributed by atoms with van der Waals surface area (Å²) in [6, 6.07) is 3.72. The Kier molecular flexibility index (Phi) is 5.62. The molecule has 3 aromatic rings. The molecule has 0 bridgehead atoms. The van der Waals surface area contributed by atoms with Gasteiger partial charge in [-0.15, -0.1) is 11.3 Å². The number of thiazole rings is 1. The summed E-state index contributed by atoms with van der Waals surface area (Å²) in [4.78, 5) is 36.4. The van der Waals surface area contributed by atoms with Gasteiger partial charge in [0.1, 0.15) is 12.0 Å². The molecule has 1 aliphatic carbocycles. The SMILES string of the molecule is CC(C)(O)c1cc2nc(C3CCC(C=O)CC3)sc2cc1NC(=O)c1cnccn1. The van der Waals surface area contributed by atoms with Crippen LogP contribution in [0.15, 0.2) is 30.7 Å². The van der Waals surface area contributed by atoms with Crippen molar-refractivity contribution in [2.24, 2.45) is 5.92 Å². The van der Waals surface area contributed by atoms with Crippen molar-refractivity contribution in [1.29, 1.82) is 0 Å². The van der Waals surface area contributed by atoms with Crippen molar-refractivity contribution in [3.05, 3.63) is 47.0 Å². The molecule has 1 amide bonds. The van der Waals surface area contributed by atoms with Crippen molar-refractivity contribution in [3.8, 4) is 0 Å². The fraction of sp³-hybridized carbons (Fsp3) is 0.409. The quantitative estimate of drug-likeness (QED) is 0.599. The second-order valence-corrected chi connectivity index (χ2v) is 9.33. The maximum absolute atomic E-state index is 12.6. The van der Waals surface area contributed by atoms with Crippen LogP contribution in [0.4, 0.5) is 5.69 Å². The summed E-state index contributed by atoms with van der Waals surface area (Å²) in [7, 11) is 0. The Balaban J connectivity index is 1.67. The third kappa shape index (κ3) is 4.24. The number of anilines is 1. The van der Waals surface area contributed by atoms with E-state index in [-0.39, 0.29) is 17.5 Å². The van der Waals surface area contributed by atoms with Crippen LogP contribution in [0.25, 0.3) is 10.2 Å². The fourth-order valence-corrected chi connectivity index (χ4v) is 5.04. The van der Waals surface area contributed by atoms with Crippen LogP contribution < -0.4 is 5.32 Å². The Labute approximate surface area is 178 Å². The van der Waals surface area contributed by atoms with Crippen molar-refractivity contribution in [1.82, 2.24) is 15.0 Å². The molecular formula is C22H24N4O3S. The molecule has 2 heterocycles. The monoisotopic (exact) mass is 424 g/mol. The predicted molar refractivity (Wildman–Crippen MR) is 116 cm³/mol. The van der Waals surface area contributed by atoms with Crippen molar-refractivity contribution in [2.45, 2.75) is 51.0 Å². The largest absolute Gasteiger partial charge is 0.386 e. The average Bonchev–Trinajstić information content (AvgIpc) is 3.16. The van der Waals surface area contributed by atoms with Gasteiger partial charge in [0.05, 0.1) is 27.0 Å². The van der Waals surface area contributed by atoms with E-state index in [4.69, 9.17) is 4.98 Å². The van der Waals surface area contributed by atoms with Gasteiger partial charge in [-0.05, 0) is 51.7 Å². The molecule has 1 aromatic carbocycles. The molecule has 0 atom stereocenters. The molecular weight excluding hydrogens is 400 g/mol. The number of carbonyl (C=O) groups is 2. The lowest BCUT2D eigenvalue weighted by molar-refractivity contribution is -0.111. The topological polar surface area (TPSA) is 105 Å². The average molecular weight is 425 g/mol. The number of rotatable bonds is 5. The van der Waals surface area contributed by atoms with E-state index in [0.29, 0.717) is 17.2 Å². The number of amides is 1. The molecule has 0 radical (unpaired) electrons. The molecule has 1 saturated carbocycles. The highest BCUT2D eigenvalue weighted by molar-refractivity contribution is 7.18. The lowest BCUT2D eigenvalue weighted by atomic mass is 9.83. The van der Waals surface area contributed by atoms with Gasteiger partial charge in [-0.2, -0.15) is 0 Å². The van der Waals surface area contributed by atoms with Crippen molar-refractivity contribution < 1.29 is 14.7 Å². The second kappa shape index (κ2) is 8.20. The van der Waals surface area contributed by atoms with Gasteiger partial charge in [0, 0.05) is 35.5 Å². The van der Waals surface area contributed by atoms with Gasteiger partial charge < -0.3 is 15.2 Å². The molecule has 2 aromatic heterocycles. The first kappa shape index (κ1) is 20.6. The summed E-state index contributed by atoms with van der Waals surface area (Å²) in [5.74, 6) is 0.131. The molecule has 30 heavy (non-hydrogen) atoms. The predicted octanol–water partition coefficient (Wildman–Crippen LogP) is 4.04. The zero-order valence-electron chi connectivity index (χ0n) is 17.0. The minimum absolute atomic E-state index is 0.167. The van der Waals surface area contributed by atoms with E-state index in [1.54, 1.807) is 25.2 Å². The molecule has 7 nitrogen and oxygen atoms in total. The molecule has 0 unspecified atom stereocenters. The van der Waals surface area contributed by atoms with Gasteiger partial charge in [-0.3, -0.25) is 9.78 Å². The van der Waals surface area contributed by atoms with Crippen LogP contribution in [-0.4, -0.2) is 32.3 Å². The number of carbonyl (C=O) groups excluding carboxylic acids is 2. The first-order chi connectivity index (χ1) is 14.3. The van der Waals surface area contributed by atoms with Crippen LogP contribution in [0.2, 0.25) is 0 Å². The van der Waals surface area contributed by atoms with Gasteiger partial charge in [0.15, 0.2) is 0 Å². The van der Waals surface area contributed by atoms with E-state index in [9.17, 15) is 14.7 Å². The maximum Gasteiger partial charge on any atom is 0.275 e. The van der Waals surface area contributed by atoms with Crippen LogP contribution in [0, 0.1) is 5.92 Å². The van der Waals surface area contributed by atoms with E-state index in [0.717, 1.165) is 47.2 Å². The normalized spacial score (nSPS) is 19.6. The summed E-state index contributed by atoms with van der Waals surface area (Å²) in [5, 5.41) is 14.6. The fourth-order valence-electron chi connectivity index (χ4n) is 3.88. The van der Waals surface area contributed by atoms with Gasteiger partial charge in [-0.1, -0.05) is 0 Å².